The highest BCUT2D eigenvalue weighted by Gasteiger charge is 2.18. The molecule has 0 heterocycles. The highest BCUT2D eigenvalue weighted by atomic mass is 79.9. The van der Waals surface area contributed by atoms with Gasteiger partial charge in [0.1, 0.15) is 11.7 Å². The summed E-state index contributed by atoms with van der Waals surface area (Å²) in [5.41, 5.74) is 5.35. The van der Waals surface area contributed by atoms with Gasteiger partial charge in [-0.25, -0.2) is 4.39 Å². The lowest BCUT2D eigenvalue weighted by Gasteiger charge is -2.21. The third-order valence-corrected chi connectivity index (χ3v) is 3.09. The van der Waals surface area contributed by atoms with Crippen molar-refractivity contribution in [3.05, 3.63) is 34.1 Å². The van der Waals surface area contributed by atoms with Crippen molar-refractivity contribution in [2.45, 2.75) is 13.3 Å². The molecule has 7 heteroatoms. The van der Waals surface area contributed by atoms with Crippen LogP contribution in [0.25, 0.3) is 0 Å². The summed E-state index contributed by atoms with van der Waals surface area (Å²) < 4.78 is 14.3. The molecular formula is C12H15BrFN3O2. The molecule has 104 valence electrons. The number of carbonyl (C=O) groups is 1. The molecule has 1 amide bonds. The number of hydrogen-bond donors (Lipinski definition) is 2. The van der Waals surface area contributed by atoms with E-state index in [2.05, 4.69) is 21.1 Å². The predicted octanol–water partition coefficient (Wildman–Crippen LogP) is 2.19. The van der Waals surface area contributed by atoms with Gasteiger partial charge in [0.25, 0.3) is 5.91 Å². The largest absolute Gasteiger partial charge is 0.409 e. The zero-order valence-corrected chi connectivity index (χ0v) is 12.0. The summed E-state index contributed by atoms with van der Waals surface area (Å²) in [7, 11) is 0. The molecule has 0 bridgehead atoms. The van der Waals surface area contributed by atoms with E-state index in [4.69, 9.17) is 10.9 Å². The van der Waals surface area contributed by atoms with Crippen molar-refractivity contribution >= 4 is 27.7 Å². The molecule has 0 aliphatic heterocycles. The Morgan fingerprint density at radius 3 is 2.84 bits per heavy atom. The Balaban J connectivity index is 2.86. The Labute approximate surface area is 119 Å². The fraction of sp³-hybridized carbons (Fsp3) is 0.333. The molecule has 3 N–H and O–H groups in total. The molecule has 0 radical (unpaired) electrons. The Morgan fingerprint density at radius 1 is 1.58 bits per heavy atom. The lowest BCUT2D eigenvalue weighted by molar-refractivity contribution is 0.0763. The fourth-order valence-electron chi connectivity index (χ4n) is 1.53. The van der Waals surface area contributed by atoms with Gasteiger partial charge in [-0.1, -0.05) is 21.1 Å². The first-order chi connectivity index (χ1) is 8.99. The van der Waals surface area contributed by atoms with E-state index in [-0.39, 0.29) is 24.4 Å². The first-order valence-electron chi connectivity index (χ1n) is 5.70. The van der Waals surface area contributed by atoms with Crippen molar-refractivity contribution in [2.75, 3.05) is 13.1 Å². The maximum Gasteiger partial charge on any atom is 0.256 e. The van der Waals surface area contributed by atoms with E-state index < -0.39 is 11.7 Å². The van der Waals surface area contributed by atoms with Crippen molar-refractivity contribution in [2.24, 2.45) is 10.9 Å². The van der Waals surface area contributed by atoms with Gasteiger partial charge < -0.3 is 15.8 Å². The molecule has 19 heavy (non-hydrogen) atoms. The van der Waals surface area contributed by atoms with Gasteiger partial charge in [-0.2, -0.15) is 0 Å². The number of oxime groups is 1. The van der Waals surface area contributed by atoms with E-state index in [0.29, 0.717) is 11.0 Å². The van der Waals surface area contributed by atoms with Crippen LogP contribution in [0.15, 0.2) is 27.8 Å². The Hall–Kier alpha value is -1.63. The van der Waals surface area contributed by atoms with Crippen molar-refractivity contribution in [1.82, 2.24) is 4.90 Å². The number of halogens is 2. The Bertz CT molecular complexity index is 494. The Kier molecular flexibility index (Phi) is 5.75. The fourth-order valence-corrected chi connectivity index (χ4v) is 1.90. The van der Waals surface area contributed by atoms with Crippen LogP contribution in [0.5, 0.6) is 0 Å². The third-order valence-electron chi connectivity index (χ3n) is 2.59. The van der Waals surface area contributed by atoms with E-state index in [1.54, 1.807) is 6.92 Å². The minimum absolute atomic E-state index is 0.00395. The summed E-state index contributed by atoms with van der Waals surface area (Å²) in [5.74, 6) is -0.969. The molecule has 1 aromatic rings. The second-order valence-electron chi connectivity index (χ2n) is 3.85. The van der Waals surface area contributed by atoms with Crippen LogP contribution in [-0.4, -0.2) is 34.9 Å². The van der Waals surface area contributed by atoms with Crippen LogP contribution >= 0.6 is 15.9 Å². The summed E-state index contributed by atoms with van der Waals surface area (Å²) in [6.45, 7) is 2.45. The SMILES string of the molecule is CCN(CCC(N)=NO)C(=O)c1cc(Br)ccc1F. The monoisotopic (exact) mass is 331 g/mol. The number of nitrogens with zero attached hydrogens (tertiary/aromatic N) is 2. The second kappa shape index (κ2) is 7.08. The number of amidine groups is 1. The summed E-state index contributed by atoms with van der Waals surface area (Å²) in [6, 6.07) is 4.19. The standard InChI is InChI=1S/C12H15BrFN3O2/c1-2-17(6-5-11(15)16-19)12(18)9-7-8(13)3-4-10(9)14/h3-4,7,19H,2,5-6H2,1H3,(H2,15,16). The highest BCUT2D eigenvalue weighted by Crippen LogP contribution is 2.17. The quantitative estimate of drug-likeness (QED) is 0.375. The average Bonchev–Trinajstić information content (AvgIpc) is 2.41. The average molecular weight is 332 g/mol. The first kappa shape index (κ1) is 15.4. The van der Waals surface area contributed by atoms with Gasteiger partial charge in [-0.3, -0.25) is 4.79 Å². The summed E-state index contributed by atoms with van der Waals surface area (Å²) in [5, 5.41) is 11.3. The number of hydrogen-bond acceptors (Lipinski definition) is 3. The normalized spacial score (nSPS) is 11.4. The van der Waals surface area contributed by atoms with Crippen LogP contribution in [0.2, 0.25) is 0 Å². The molecule has 0 saturated heterocycles. The number of benzene rings is 1. The second-order valence-corrected chi connectivity index (χ2v) is 4.77. The van der Waals surface area contributed by atoms with E-state index in [1.165, 1.54) is 23.1 Å². The van der Waals surface area contributed by atoms with Crippen molar-refractivity contribution < 1.29 is 14.4 Å². The number of amides is 1. The highest BCUT2D eigenvalue weighted by molar-refractivity contribution is 9.10. The van der Waals surface area contributed by atoms with Crippen LogP contribution < -0.4 is 5.73 Å². The number of carbonyl (C=O) groups excluding carboxylic acids is 1. The predicted molar refractivity (Wildman–Crippen MR) is 73.7 cm³/mol. The minimum Gasteiger partial charge on any atom is -0.409 e. The van der Waals surface area contributed by atoms with Crippen molar-refractivity contribution in [1.29, 1.82) is 0 Å². The van der Waals surface area contributed by atoms with Crippen LogP contribution in [0.3, 0.4) is 0 Å². The van der Waals surface area contributed by atoms with Gasteiger partial charge in [-0.15, -0.1) is 0 Å². The van der Waals surface area contributed by atoms with E-state index in [1.807, 2.05) is 0 Å². The van der Waals surface area contributed by atoms with E-state index in [9.17, 15) is 9.18 Å². The van der Waals surface area contributed by atoms with Crippen LogP contribution in [-0.2, 0) is 0 Å². The summed E-state index contributed by atoms with van der Waals surface area (Å²) in [4.78, 5) is 13.6. The molecule has 0 saturated carbocycles. The Morgan fingerprint density at radius 2 is 2.26 bits per heavy atom. The van der Waals surface area contributed by atoms with Crippen molar-refractivity contribution in [3.63, 3.8) is 0 Å². The molecule has 5 nitrogen and oxygen atoms in total. The minimum atomic E-state index is -0.574. The van der Waals surface area contributed by atoms with Gasteiger partial charge in [0.2, 0.25) is 0 Å². The van der Waals surface area contributed by atoms with E-state index in [0.717, 1.165) is 0 Å². The molecule has 1 rings (SSSR count). The molecule has 0 aliphatic carbocycles. The molecule has 0 spiro atoms. The smallest absolute Gasteiger partial charge is 0.256 e. The molecule has 0 fully saturated rings. The molecule has 0 unspecified atom stereocenters. The zero-order chi connectivity index (χ0) is 14.4. The van der Waals surface area contributed by atoms with E-state index >= 15 is 0 Å². The van der Waals surface area contributed by atoms with Crippen LogP contribution in [0.1, 0.15) is 23.7 Å². The maximum atomic E-state index is 13.6. The molecule has 0 aliphatic rings. The lowest BCUT2D eigenvalue weighted by atomic mass is 10.2. The zero-order valence-electron chi connectivity index (χ0n) is 10.4. The molecule has 1 aromatic carbocycles. The van der Waals surface area contributed by atoms with Crippen molar-refractivity contribution in [3.8, 4) is 0 Å². The molecular weight excluding hydrogens is 317 g/mol. The molecule has 0 atom stereocenters. The van der Waals surface area contributed by atoms with Gasteiger partial charge in [0.15, 0.2) is 0 Å². The topological polar surface area (TPSA) is 78.9 Å². The van der Waals surface area contributed by atoms with Crippen LogP contribution in [0, 0.1) is 5.82 Å². The number of rotatable bonds is 5. The first-order valence-corrected chi connectivity index (χ1v) is 6.49. The summed E-state index contributed by atoms with van der Waals surface area (Å²) >= 11 is 3.20. The third kappa shape index (κ3) is 4.20. The molecule has 0 aromatic heterocycles. The number of nitrogens with two attached hydrogens (primary N) is 1. The van der Waals surface area contributed by atoms with Gasteiger partial charge >= 0.3 is 0 Å². The summed E-state index contributed by atoms with van der Waals surface area (Å²) in [6.07, 6.45) is 0.228. The van der Waals surface area contributed by atoms with Gasteiger partial charge in [0, 0.05) is 24.0 Å². The van der Waals surface area contributed by atoms with Gasteiger partial charge in [0.05, 0.1) is 5.56 Å². The maximum absolute atomic E-state index is 13.6. The lowest BCUT2D eigenvalue weighted by Crippen LogP contribution is -2.34. The van der Waals surface area contributed by atoms with Gasteiger partial charge in [-0.05, 0) is 25.1 Å². The van der Waals surface area contributed by atoms with Crippen LogP contribution in [0.4, 0.5) is 4.39 Å².